The van der Waals surface area contributed by atoms with Crippen LogP contribution in [0.2, 0.25) is 0 Å². The summed E-state index contributed by atoms with van der Waals surface area (Å²) >= 11 is 1.69. The quantitative estimate of drug-likeness (QED) is 0.417. The van der Waals surface area contributed by atoms with Gasteiger partial charge in [-0.15, -0.1) is 0 Å². The Balaban J connectivity index is 1.42. The Morgan fingerprint density at radius 1 is 0.972 bits per heavy atom. The summed E-state index contributed by atoms with van der Waals surface area (Å²) in [4.78, 5) is 22.3. The van der Waals surface area contributed by atoms with Gasteiger partial charge in [0.05, 0.1) is 15.1 Å². The standard InChI is InChI=1S/C27H36N4O3S2/c1-19(2)17-31(18-20(3)4)36(33,34)23-11-9-22(10-12-23)26(32)29-13-15-30(16-14-29)27-28-25-21(5)7-6-8-24(25)35-27/h6-12,19-20H,13-18H2,1-5H3. The van der Waals surface area contributed by atoms with Crippen LogP contribution in [-0.4, -0.2) is 67.8 Å². The van der Waals surface area contributed by atoms with Crippen LogP contribution in [0.1, 0.15) is 43.6 Å². The first-order chi connectivity index (χ1) is 17.1. The fraction of sp³-hybridized carbons (Fsp3) is 0.481. The van der Waals surface area contributed by atoms with Crippen molar-refractivity contribution in [2.75, 3.05) is 44.2 Å². The summed E-state index contributed by atoms with van der Waals surface area (Å²) in [6.07, 6.45) is 0. The molecule has 2 aromatic carbocycles. The molecule has 0 unspecified atom stereocenters. The molecule has 1 aromatic heterocycles. The van der Waals surface area contributed by atoms with Crippen molar-refractivity contribution in [3.63, 3.8) is 0 Å². The normalized spacial score (nSPS) is 15.0. The number of hydrogen-bond donors (Lipinski definition) is 0. The third-order valence-electron chi connectivity index (χ3n) is 6.32. The van der Waals surface area contributed by atoms with E-state index in [-0.39, 0.29) is 22.6 Å². The lowest BCUT2D eigenvalue weighted by Crippen LogP contribution is -2.48. The first-order valence-electron chi connectivity index (χ1n) is 12.6. The summed E-state index contributed by atoms with van der Waals surface area (Å²) in [5.41, 5.74) is 2.73. The van der Waals surface area contributed by atoms with Gasteiger partial charge in [-0.25, -0.2) is 13.4 Å². The number of benzene rings is 2. The highest BCUT2D eigenvalue weighted by Gasteiger charge is 2.27. The molecular formula is C27H36N4O3S2. The van der Waals surface area contributed by atoms with Crippen molar-refractivity contribution < 1.29 is 13.2 Å². The summed E-state index contributed by atoms with van der Waals surface area (Å²) in [6.45, 7) is 13.7. The number of carbonyl (C=O) groups is 1. The molecule has 0 spiro atoms. The highest BCUT2D eigenvalue weighted by Crippen LogP contribution is 2.31. The molecule has 0 N–H and O–H groups in total. The van der Waals surface area contributed by atoms with Crippen molar-refractivity contribution in [3.05, 3.63) is 53.6 Å². The minimum absolute atomic E-state index is 0.0695. The molecule has 0 radical (unpaired) electrons. The molecule has 0 bridgehead atoms. The number of aromatic nitrogens is 1. The van der Waals surface area contributed by atoms with Gasteiger partial charge in [-0.1, -0.05) is 51.2 Å². The van der Waals surface area contributed by atoms with E-state index in [2.05, 4.69) is 30.0 Å². The van der Waals surface area contributed by atoms with Crippen LogP contribution in [0.4, 0.5) is 5.13 Å². The van der Waals surface area contributed by atoms with Crippen LogP contribution in [0.25, 0.3) is 10.2 Å². The summed E-state index contributed by atoms with van der Waals surface area (Å²) in [5, 5.41) is 0.994. The van der Waals surface area contributed by atoms with Crippen molar-refractivity contribution in [1.29, 1.82) is 0 Å². The third-order valence-corrected chi connectivity index (χ3v) is 9.25. The number of thiazole rings is 1. The van der Waals surface area contributed by atoms with E-state index in [1.807, 2.05) is 32.6 Å². The first kappa shape index (κ1) is 26.6. The minimum Gasteiger partial charge on any atom is -0.345 e. The minimum atomic E-state index is -3.61. The van der Waals surface area contributed by atoms with Gasteiger partial charge in [-0.05, 0) is 54.7 Å². The average molecular weight is 529 g/mol. The zero-order valence-corrected chi connectivity index (χ0v) is 23.4. The molecule has 2 heterocycles. The van der Waals surface area contributed by atoms with Gasteiger partial charge < -0.3 is 9.80 Å². The predicted octanol–water partition coefficient (Wildman–Crippen LogP) is 4.87. The van der Waals surface area contributed by atoms with E-state index < -0.39 is 10.0 Å². The molecule has 4 rings (SSSR count). The molecule has 1 aliphatic heterocycles. The molecule has 1 aliphatic rings. The van der Waals surface area contributed by atoms with Crippen molar-refractivity contribution >= 4 is 42.6 Å². The lowest BCUT2D eigenvalue weighted by Gasteiger charge is -2.34. The summed E-state index contributed by atoms with van der Waals surface area (Å²) in [5.74, 6) is 0.384. The smallest absolute Gasteiger partial charge is 0.253 e. The number of anilines is 1. The van der Waals surface area contributed by atoms with Crippen LogP contribution in [0, 0.1) is 18.8 Å². The van der Waals surface area contributed by atoms with Gasteiger partial charge in [0, 0.05) is 44.8 Å². The largest absolute Gasteiger partial charge is 0.345 e. The maximum atomic E-state index is 13.3. The third kappa shape index (κ3) is 5.74. The second-order valence-electron chi connectivity index (χ2n) is 10.3. The van der Waals surface area contributed by atoms with E-state index in [4.69, 9.17) is 4.98 Å². The molecule has 36 heavy (non-hydrogen) atoms. The number of hydrogen-bond acceptors (Lipinski definition) is 6. The van der Waals surface area contributed by atoms with E-state index >= 15 is 0 Å². The molecule has 0 saturated carbocycles. The van der Waals surface area contributed by atoms with Crippen molar-refractivity contribution in [3.8, 4) is 0 Å². The lowest BCUT2D eigenvalue weighted by atomic mass is 10.2. The van der Waals surface area contributed by atoms with Gasteiger partial charge in [-0.2, -0.15) is 4.31 Å². The van der Waals surface area contributed by atoms with Gasteiger partial charge >= 0.3 is 0 Å². The van der Waals surface area contributed by atoms with E-state index in [0.717, 1.165) is 23.7 Å². The number of sulfonamides is 1. The summed E-state index contributed by atoms with van der Waals surface area (Å²) in [6, 6.07) is 12.6. The molecular weight excluding hydrogens is 492 g/mol. The number of para-hydroxylation sites is 1. The number of aryl methyl sites for hydroxylation is 1. The second-order valence-corrected chi connectivity index (χ2v) is 13.3. The van der Waals surface area contributed by atoms with Crippen molar-refractivity contribution in [1.82, 2.24) is 14.2 Å². The number of nitrogens with zero attached hydrogens (tertiary/aromatic N) is 4. The van der Waals surface area contributed by atoms with Crippen LogP contribution < -0.4 is 4.90 Å². The Bertz CT molecular complexity index is 1300. The average Bonchev–Trinajstić information content (AvgIpc) is 3.29. The van der Waals surface area contributed by atoms with E-state index in [0.29, 0.717) is 31.7 Å². The topological polar surface area (TPSA) is 73.8 Å². The zero-order chi connectivity index (χ0) is 26.0. The molecule has 194 valence electrons. The van der Waals surface area contributed by atoms with E-state index in [1.54, 1.807) is 39.9 Å². The Morgan fingerprint density at radius 2 is 1.58 bits per heavy atom. The monoisotopic (exact) mass is 528 g/mol. The molecule has 0 atom stereocenters. The lowest BCUT2D eigenvalue weighted by molar-refractivity contribution is 0.0746. The van der Waals surface area contributed by atoms with Gasteiger partial charge in [0.2, 0.25) is 10.0 Å². The Kier molecular flexibility index (Phi) is 8.02. The summed E-state index contributed by atoms with van der Waals surface area (Å²) < 4.78 is 29.3. The second kappa shape index (κ2) is 10.9. The number of piperazine rings is 1. The highest BCUT2D eigenvalue weighted by atomic mass is 32.2. The molecule has 0 aliphatic carbocycles. The van der Waals surface area contributed by atoms with Gasteiger partial charge in [0.25, 0.3) is 5.91 Å². The van der Waals surface area contributed by atoms with E-state index in [1.165, 1.54) is 10.3 Å². The van der Waals surface area contributed by atoms with Gasteiger partial charge in [0.15, 0.2) is 5.13 Å². The number of carbonyl (C=O) groups excluding carboxylic acids is 1. The van der Waals surface area contributed by atoms with Crippen LogP contribution >= 0.6 is 11.3 Å². The fourth-order valence-electron chi connectivity index (χ4n) is 4.50. The zero-order valence-electron chi connectivity index (χ0n) is 21.8. The van der Waals surface area contributed by atoms with Gasteiger partial charge in [0.1, 0.15) is 0 Å². The molecule has 9 heteroatoms. The summed E-state index contributed by atoms with van der Waals surface area (Å²) in [7, 11) is -3.61. The number of fused-ring (bicyclic) bond motifs is 1. The van der Waals surface area contributed by atoms with Crippen LogP contribution in [0.3, 0.4) is 0 Å². The molecule has 7 nitrogen and oxygen atoms in total. The maximum Gasteiger partial charge on any atom is 0.253 e. The predicted molar refractivity (Wildman–Crippen MR) is 147 cm³/mol. The molecule has 1 fully saturated rings. The Hall–Kier alpha value is -2.49. The van der Waals surface area contributed by atoms with Crippen LogP contribution in [0.5, 0.6) is 0 Å². The number of rotatable bonds is 8. The first-order valence-corrected chi connectivity index (χ1v) is 14.8. The van der Waals surface area contributed by atoms with Gasteiger partial charge in [-0.3, -0.25) is 4.79 Å². The molecule has 1 amide bonds. The van der Waals surface area contributed by atoms with E-state index in [9.17, 15) is 13.2 Å². The highest BCUT2D eigenvalue weighted by molar-refractivity contribution is 7.89. The Labute approximate surface area is 218 Å². The van der Waals surface area contributed by atoms with Crippen molar-refractivity contribution in [2.24, 2.45) is 11.8 Å². The molecule has 1 saturated heterocycles. The van der Waals surface area contributed by atoms with Crippen LogP contribution in [-0.2, 0) is 10.0 Å². The number of amides is 1. The fourth-order valence-corrected chi connectivity index (χ4v) is 7.36. The molecule has 3 aromatic rings. The maximum absolute atomic E-state index is 13.3. The Morgan fingerprint density at radius 3 is 2.14 bits per heavy atom. The van der Waals surface area contributed by atoms with Crippen molar-refractivity contribution in [2.45, 2.75) is 39.5 Å². The van der Waals surface area contributed by atoms with Crippen LogP contribution in [0.15, 0.2) is 47.4 Å². The SMILES string of the molecule is Cc1cccc2sc(N3CCN(C(=O)c4ccc(S(=O)(=O)N(CC(C)C)CC(C)C)cc4)CC3)nc12.